The number of ether oxygens (including phenoxy) is 1. The van der Waals surface area contributed by atoms with Crippen molar-refractivity contribution in [3.8, 4) is 16.5 Å². The normalized spacial score (nSPS) is 11.2. The fourth-order valence-electron chi connectivity index (χ4n) is 3.01. The quantitative estimate of drug-likeness (QED) is 0.413. The maximum absolute atomic E-state index is 10.9. The molecule has 0 amide bonds. The van der Waals surface area contributed by atoms with E-state index in [2.05, 4.69) is 20.9 Å². The Hall–Kier alpha value is -2.58. The minimum absolute atomic E-state index is 0.0573. The summed E-state index contributed by atoms with van der Waals surface area (Å²) >= 11 is 5.03. The zero-order valence-electron chi connectivity index (χ0n) is 15.0. The first kappa shape index (κ1) is 18.8. The van der Waals surface area contributed by atoms with Crippen molar-refractivity contribution >= 4 is 44.1 Å². The highest BCUT2D eigenvalue weighted by atomic mass is 79.9. The van der Waals surface area contributed by atoms with E-state index in [1.165, 1.54) is 0 Å². The van der Waals surface area contributed by atoms with Crippen LogP contribution in [0.3, 0.4) is 0 Å². The van der Waals surface area contributed by atoms with Crippen LogP contribution >= 0.6 is 27.3 Å². The minimum Gasteiger partial charge on any atom is -0.493 e. The highest BCUT2D eigenvalue weighted by molar-refractivity contribution is 9.11. The van der Waals surface area contributed by atoms with Gasteiger partial charge in [0.1, 0.15) is 18.1 Å². The third kappa shape index (κ3) is 3.98. The number of rotatable bonds is 7. The third-order valence-electron chi connectivity index (χ3n) is 4.33. The number of aromatic nitrogens is 2. The summed E-state index contributed by atoms with van der Waals surface area (Å²) in [6.07, 6.45) is 2.41. The molecule has 1 aromatic carbocycles. The lowest BCUT2D eigenvalue weighted by atomic mass is 10.2. The third-order valence-corrected chi connectivity index (χ3v) is 5.94. The van der Waals surface area contributed by atoms with E-state index in [-0.39, 0.29) is 6.54 Å². The smallest absolute Gasteiger partial charge is 0.323 e. The SMILES string of the molecule is Cc1oc(-c2ccc(Br)s2)nc1CCOc1ccc2c(ccn2CC(=O)O)c1. The molecule has 3 aromatic heterocycles. The number of halogens is 1. The van der Waals surface area contributed by atoms with E-state index in [0.29, 0.717) is 18.9 Å². The molecule has 0 fully saturated rings. The van der Waals surface area contributed by atoms with Crippen LogP contribution in [0.15, 0.2) is 50.8 Å². The van der Waals surface area contributed by atoms with Crippen LogP contribution in [-0.4, -0.2) is 27.2 Å². The van der Waals surface area contributed by atoms with Gasteiger partial charge in [-0.3, -0.25) is 4.79 Å². The molecular weight excluding hydrogens is 444 g/mol. The number of aryl methyl sites for hydroxylation is 1. The number of nitrogens with zero attached hydrogens (tertiary/aromatic N) is 2. The monoisotopic (exact) mass is 460 g/mol. The first-order valence-electron chi connectivity index (χ1n) is 8.65. The zero-order chi connectivity index (χ0) is 19.7. The Morgan fingerprint density at radius 2 is 2.18 bits per heavy atom. The fraction of sp³-hybridized carbons (Fsp3) is 0.200. The molecule has 28 heavy (non-hydrogen) atoms. The Morgan fingerprint density at radius 1 is 1.32 bits per heavy atom. The summed E-state index contributed by atoms with van der Waals surface area (Å²) in [5.41, 5.74) is 1.75. The second-order valence-electron chi connectivity index (χ2n) is 6.28. The summed E-state index contributed by atoms with van der Waals surface area (Å²) in [5, 5.41) is 9.91. The molecule has 0 spiro atoms. The van der Waals surface area contributed by atoms with Crippen molar-refractivity contribution in [2.24, 2.45) is 0 Å². The number of benzene rings is 1. The Balaban J connectivity index is 1.41. The largest absolute Gasteiger partial charge is 0.493 e. The van der Waals surface area contributed by atoms with Crippen LogP contribution in [0.1, 0.15) is 11.5 Å². The van der Waals surface area contributed by atoms with E-state index in [9.17, 15) is 4.79 Å². The predicted molar refractivity (Wildman–Crippen MR) is 111 cm³/mol. The summed E-state index contributed by atoms with van der Waals surface area (Å²) in [5.74, 6) is 1.30. The van der Waals surface area contributed by atoms with E-state index in [1.54, 1.807) is 22.1 Å². The minimum atomic E-state index is -0.866. The average molecular weight is 461 g/mol. The molecule has 0 saturated carbocycles. The van der Waals surface area contributed by atoms with Gasteiger partial charge in [-0.05, 0) is 59.3 Å². The summed E-state index contributed by atoms with van der Waals surface area (Å²) in [7, 11) is 0. The number of hydrogen-bond acceptors (Lipinski definition) is 5. The first-order chi connectivity index (χ1) is 13.5. The van der Waals surface area contributed by atoms with Gasteiger partial charge in [-0.25, -0.2) is 4.98 Å². The lowest BCUT2D eigenvalue weighted by molar-refractivity contribution is -0.137. The molecule has 0 saturated heterocycles. The second-order valence-corrected chi connectivity index (χ2v) is 8.75. The molecule has 8 heteroatoms. The van der Waals surface area contributed by atoms with Crippen molar-refractivity contribution in [2.45, 2.75) is 19.9 Å². The molecule has 0 atom stereocenters. The van der Waals surface area contributed by atoms with Crippen molar-refractivity contribution in [3.05, 3.63) is 57.8 Å². The van der Waals surface area contributed by atoms with Gasteiger partial charge in [0.2, 0.25) is 5.89 Å². The molecule has 0 aliphatic heterocycles. The van der Waals surface area contributed by atoms with Crippen LogP contribution in [0.5, 0.6) is 5.75 Å². The highest BCUT2D eigenvalue weighted by Crippen LogP contribution is 2.32. The summed E-state index contributed by atoms with van der Waals surface area (Å²) in [6, 6.07) is 11.5. The molecule has 6 nitrogen and oxygen atoms in total. The first-order valence-corrected chi connectivity index (χ1v) is 10.3. The molecule has 144 valence electrons. The average Bonchev–Trinajstić information content (AvgIpc) is 3.34. The molecule has 1 N–H and O–H groups in total. The Kier molecular flexibility index (Phi) is 5.23. The molecule has 3 heterocycles. The standard InChI is InChI=1S/C20H17BrN2O4S/c1-12-15(22-20(27-12)17-4-5-18(21)28-17)7-9-26-14-2-3-16-13(10-14)6-8-23(16)11-19(24)25/h2-6,8,10H,7,9,11H2,1H3,(H,24,25). The van der Waals surface area contributed by atoms with Crippen LogP contribution in [0.2, 0.25) is 0 Å². The number of fused-ring (bicyclic) bond motifs is 1. The number of oxazole rings is 1. The van der Waals surface area contributed by atoms with Gasteiger partial charge >= 0.3 is 5.97 Å². The Bertz CT molecular complexity index is 1140. The van der Waals surface area contributed by atoms with E-state index >= 15 is 0 Å². The van der Waals surface area contributed by atoms with Crippen molar-refractivity contribution < 1.29 is 19.1 Å². The predicted octanol–water partition coefficient (Wildman–Crippen LogP) is 5.13. The molecule has 4 rings (SSSR count). The summed E-state index contributed by atoms with van der Waals surface area (Å²) < 4.78 is 14.4. The topological polar surface area (TPSA) is 77.5 Å². The number of carbonyl (C=O) groups is 1. The van der Waals surface area contributed by atoms with Crippen LogP contribution in [0.25, 0.3) is 21.7 Å². The summed E-state index contributed by atoms with van der Waals surface area (Å²) in [4.78, 5) is 16.5. The molecule has 0 bridgehead atoms. The van der Waals surface area contributed by atoms with Gasteiger partial charge in [-0.1, -0.05) is 0 Å². The number of carboxylic acid groups (broad SMARTS) is 1. The van der Waals surface area contributed by atoms with Gasteiger partial charge < -0.3 is 18.8 Å². The van der Waals surface area contributed by atoms with E-state index in [0.717, 1.165) is 36.8 Å². The van der Waals surface area contributed by atoms with E-state index in [4.69, 9.17) is 14.3 Å². The van der Waals surface area contributed by atoms with Crippen molar-refractivity contribution in [3.63, 3.8) is 0 Å². The number of carboxylic acids is 1. The molecule has 4 aromatic rings. The number of hydrogen-bond donors (Lipinski definition) is 1. The Morgan fingerprint density at radius 3 is 2.93 bits per heavy atom. The summed E-state index contributed by atoms with van der Waals surface area (Å²) in [6.45, 7) is 2.33. The van der Waals surface area contributed by atoms with Crippen LogP contribution in [0, 0.1) is 6.92 Å². The molecule has 0 aliphatic rings. The van der Waals surface area contributed by atoms with E-state index < -0.39 is 5.97 Å². The van der Waals surface area contributed by atoms with Gasteiger partial charge in [-0.2, -0.15) is 0 Å². The van der Waals surface area contributed by atoms with Crippen LogP contribution in [-0.2, 0) is 17.8 Å². The van der Waals surface area contributed by atoms with Gasteiger partial charge in [0.05, 0.1) is 21.0 Å². The van der Waals surface area contributed by atoms with Crippen molar-refractivity contribution in [1.29, 1.82) is 0 Å². The molecule has 0 unspecified atom stereocenters. The maximum atomic E-state index is 10.9. The molecule has 0 aliphatic carbocycles. The van der Waals surface area contributed by atoms with Crippen LogP contribution < -0.4 is 4.74 Å². The van der Waals surface area contributed by atoms with Gasteiger partial charge in [0.25, 0.3) is 0 Å². The van der Waals surface area contributed by atoms with Crippen LogP contribution in [0.4, 0.5) is 0 Å². The lowest BCUT2D eigenvalue weighted by Gasteiger charge is -2.06. The number of aliphatic carboxylic acids is 1. The van der Waals surface area contributed by atoms with Gasteiger partial charge in [0, 0.05) is 23.5 Å². The maximum Gasteiger partial charge on any atom is 0.323 e. The van der Waals surface area contributed by atoms with Gasteiger partial charge in [-0.15, -0.1) is 11.3 Å². The number of thiophene rings is 1. The highest BCUT2D eigenvalue weighted by Gasteiger charge is 2.13. The molecule has 0 radical (unpaired) electrons. The van der Waals surface area contributed by atoms with Gasteiger partial charge in [0.15, 0.2) is 0 Å². The van der Waals surface area contributed by atoms with Crippen molar-refractivity contribution in [2.75, 3.05) is 6.61 Å². The zero-order valence-corrected chi connectivity index (χ0v) is 17.4. The Labute approximate surface area is 173 Å². The lowest BCUT2D eigenvalue weighted by Crippen LogP contribution is -2.07. The van der Waals surface area contributed by atoms with Crippen molar-refractivity contribution in [1.82, 2.24) is 9.55 Å². The second kappa shape index (κ2) is 7.81. The van der Waals surface area contributed by atoms with E-state index in [1.807, 2.05) is 43.3 Å². The molecular formula is C20H17BrN2O4S. The fourth-order valence-corrected chi connectivity index (χ4v) is 4.32.